The Kier molecular flexibility index (Phi) is 7.25. The second kappa shape index (κ2) is 7.29. The van der Waals surface area contributed by atoms with Gasteiger partial charge in [0, 0.05) is 11.6 Å². The number of nitrogens with zero attached hydrogens (tertiary/aromatic N) is 1. The van der Waals surface area contributed by atoms with Gasteiger partial charge in [0.15, 0.2) is 0 Å². The zero-order chi connectivity index (χ0) is 12.8. The first-order valence-electron chi connectivity index (χ1n) is 6.69. The van der Waals surface area contributed by atoms with Crippen molar-refractivity contribution in [2.75, 3.05) is 20.1 Å². The molecule has 1 unspecified atom stereocenters. The summed E-state index contributed by atoms with van der Waals surface area (Å²) in [6, 6.07) is 0.690. The second-order valence-electron chi connectivity index (χ2n) is 6.35. The summed E-state index contributed by atoms with van der Waals surface area (Å²) in [4.78, 5) is 2.47. The van der Waals surface area contributed by atoms with Gasteiger partial charge in [0.05, 0.1) is 0 Å². The van der Waals surface area contributed by atoms with Gasteiger partial charge >= 0.3 is 0 Å². The monoisotopic (exact) mass is 228 g/mol. The molecular weight excluding hydrogens is 196 g/mol. The van der Waals surface area contributed by atoms with E-state index in [0.29, 0.717) is 6.04 Å². The largest absolute Gasteiger partial charge is 0.312 e. The van der Waals surface area contributed by atoms with Crippen LogP contribution in [0.5, 0.6) is 0 Å². The molecule has 0 aliphatic carbocycles. The summed E-state index contributed by atoms with van der Waals surface area (Å²) in [5, 5.41) is 3.53. The Bertz CT molecular complexity index is 170. The fourth-order valence-electron chi connectivity index (χ4n) is 1.66. The van der Waals surface area contributed by atoms with E-state index in [0.717, 1.165) is 12.5 Å². The molecule has 0 rings (SSSR count). The van der Waals surface area contributed by atoms with E-state index in [9.17, 15) is 0 Å². The Morgan fingerprint density at radius 3 is 2.06 bits per heavy atom. The Hall–Kier alpha value is -0.0800. The third-order valence-corrected chi connectivity index (χ3v) is 3.25. The van der Waals surface area contributed by atoms with Crippen molar-refractivity contribution >= 4 is 0 Å². The van der Waals surface area contributed by atoms with Crippen LogP contribution in [0.3, 0.4) is 0 Å². The zero-order valence-electron chi connectivity index (χ0n) is 12.4. The van der Waals surface area contributed by atoms with Crippen molar-refractivity contribution in [3.63, 3.8) is 0 Å². The van der Waals surface area contributed by atoms with Gasteiger partial charge in [0.25, 0.3) is 0 Å². The van der Waals surface area contributed by atoms with Crippen molar-refractivity contribution in [3.8, 4) is 0 Å². The van der Waals surface area contributed by atoms with Gasteiger partial charge in [-0.25, -0.2) is 0 Å². The molecule has 2 nitrogen and oxygen atoms in total. The molecule has 0 bridgehead atoms. The van der Waals surface area contributed by atoms with Crippen LogP contribution in [0.25, 0.3) is 0 Å². The molecule has 0 saturated heterocycles. The van der Waals surface area contributed by atoms with Crippen molar-refractivity contribution in [1.29, 1.82) is 0 Å². The maximum absolute atomic E-state index is 3.53. The Morgan fingerprint density at radius 2 is 1.62 bits per heavy atom. The third kappa shape index (κ3) is 8.12. The van der Waals surface area contributed by atoms with Crippen molar-refractivity contribution in [2.24, 2.45) is 5.92 Å². The zero-order valence-corrected chi connectivity index (χ0v) is 12.4. The van der Waals surface area contributed by atoms with Crippen molar-refractivity contribution in [1.82, 2.24) is 10.2 Å². The molecule has 0 heterocycles. The molecule has 0 amide bonds. The molecule has 0 saturated carbocycles. The molecule has 2 heteroatoms. The molecule has 0 aromatic rings. The van der Waals surface area contributed by atoms with Crippen LogP contribution in [-0.2, 0) is 0 Å². The van der Waals surface area contributed by atoms with Crippen LogP contribution >= 0.6 is 0 Å². The van der Waals surface area contributed by atoms with E-state index in [4.69, 9.17) is 0 Å². The maximum atomic E-state index is 3.53. The molecule has 0 fully saturated rings. The Labute approximate surface area is 103 Å². The average molecular weight is 228 g/mol. The van der Waals surface area contributed by atoms with Crippen molar-refractivity contribution in [2.45, 2.75) is 66.0 Å². The maximum Gasteiger partial charge on any atom is 0.00965 e. The summed E-state index contributed by atoms with van der Waals surface area (Å²) in [5.41, 5.74) is 0.261. The van der Waals surface area contributed by atoms with Gasteiger partial charge in [-0.2, -0.15) is 0 Å². The summed E-state index contributed by atoms with van der Waals surface area (Å²) in [6.07, 6.45) is 2.56. The van der Waals surface area contributed by atoms with Crippen LogP contribution in [0.4, 0.5) is 0 Å². The number of hydrogen-bond donors (Lipinski definition) is 1. The first-order valence-corrected chi connectivity index (χ1v) is 6.69. The van der Waals surface area contributed by atoms with E-state index in [-0.39, 0.29) is 5.54 Å². The average Bonchev–Trinajstić information content (AvgIpc) is 2.13. The lowest BCUT2D eigenvalue weighted by Gasteiger charge is -2.28. The smallest absolute Gasteiger partial charge is 0.00965 e. The SMILES string of the molecule is CC(C)C(C)N(C)CCCCNC(C)(C)C. The predicted octanol–water partition coefficient (Wildman–Crippen LogP) is 3.13. The highest BCUT2D eigenvalue weighted by Gasteiger charge is 2.12. The summed E-state index contributed by atoms with van der Waals surface area (Å²) in [6.45, 7) is 15.9. The van der Waals surface area contributed by atoms with Gasteiger partial charge in [-0.15, -0.1) is 0 Å². The molecule has 1 N–H and O–H groups in total. The minimum atomic E-state index is 0.261. The highest BCUT2D eigenvalue weighted by Crippen LogP contribution is 2.08. The summed E-state index contributed by atoms with van der Waals surface area (Å²) in [5.74, 6) is 0.748. The van der Waals surface area contributed by atoms with Gasteiger partial charge in [-0.1, -0.05) is 13.8 Å². The normalized spacial score (nSPS) is 14.8. The van der Waals surface area contributed by atoms with Gasteiger partial charge < -0.3 is 10.2 Å². The van der Waals surface area contributed by atoms with E-state index < -0.39 is 0 Å². The van der Waals surface area contributed by atoms with Crippen LogP contribution in [0.2, 0.25) is 0 Å². The fourth-order valence-corrected chi connectivity index (χ4v) is 1.66. The molecule has 98 valence electrons. The number of hydrogen-bond acceptors (Lipinski definition) is 2. The number of rotatable bonds is 7. The second-order valence-corrected chi connectivity index (χ2v) is 6.35. The van der Waals surface area contributed by atoms with Crippen LogP contribution in [0.1, 0.15) is 54.4 Å². The first-order chi connectivity index (χ1) is 7.24. The van der Waals surface area contributed by atoms with E-state index in [1.54, 1.807) is 0 Å². The predicted molar refractivity (Wildman–Crippen MR) is 73.9 cm³/mol. The van der Waals surface area contributed by atoms with E-state index in [2.05, 4.69) is 58.8 Å². The lowest BCUT2D eigenvalue weighted by atomic mass is 10.0. The number of unbranched alkanes of at least 4 members (excludes halogenated alkanes) is 1. The van der Waals surface area contributed by atoms with Crippen molar-refractivity contribution < 1.29 is 0 Å². The Balaban J connectivity index is 3.52. The van der Waals surface area contributed by atoms with Crippen LogP contribution < -0.4 is 5.32 Å². The van der Waals surface area contributed by atoms with Crippen LogP contribution in [0.15, 0.2) is 0 Å². The fraction of sp³-hybridized carbons (Fsp3) is 1.00. The molecule has 0 spiro atoms. The molecule has 0 aliphatic rings. The third-order valence-electron chi connectivity index (χ3n) is 3.25. The minimum absolute atomic E-state index is 0.261. The lowest BCUT2D eigenvalue weighted by molar-refractivity contribution is 0.204. The first kappa shape index (κ1) is 15.9. The van der Waals surface area contributed by atoms with Gasteiger partial charge in [0.2, 0.25) is 0 Å². The van der Waals surface area contributed by atoms with E-state index >= 15 is 0 Å². The van der Waals surface area contributed by atoms with E-state index in [1.165, 1.54) is 19.4 Å². The van der Waals surface area contributed by atoms with Gasteiger partial charge in [0.1, 0.15) is 0 Å². The Morgan fingerprint density at radius 1 is 1.06 bits per heavy atom. The highest BCUT2D eigenvalue weighted by atomic mass is 15.1. The quantitative estimate of drug-likeness (QED) is 0.674. The van der Waals surface area contributed by atoms with Crippen LogP contribution in [-0.4, -0.2) is 36.6 Å². The minimum Gasteiger partial charge on any atom is -0.312 e. The standard InChI is InChI=1S/C14H32N2/c1-12(2)13(3)16(7)11-9-8-10-15-14(4,5)6/h12-13,15H,8-11H2,1-7H3. The molecule has 0 aromatic heterocycles. The van der Waals surface area contributed by atoms with E-state index in [1.807, 2.05) is 0 Å². The molecule has 16 heavy (non-hydrogen) atoms. The lowest BCUT2D eigenvalue weighted by Crippen LogP contribution is -2.37. The summed E-state index contributed by atoms with van der Waals surface area (Å²) >= 11 is 0. The summed E-state index contributed by atoms with van der Waals surface area (Å²) < 4.78 is 0. The van der Waals surface area contributed by atoms with Gasteiger partial charge in [-0.05, 0) is 66.6 Å². The molecule has 1 atom stereocenters. The molecule has 0 radical (unpaired) electrons. The molecular formula is C14H32N2. The molecule has 0 aromatic carbocycles. The van der Waals surface area contributed by atoms with Gasteiger partial charge in [-0.3, -0.25) is 0 Å². The highest BCUT2D eigenvalue weighted by molar-refractivity contribution is 4.70. The topological polar surface area (TPSA) is 15.3 Å². The molecule has 0 aliphatic heterocycles. The van der Waals surface area contributed by atoms with Crippen molar-refractivity contribution in [3.05, 3.63) is 0 Å². The van der Waals surface area contributed by atoms with Crippen LogP contribution in [0, 0.1) is 5.92 Å². The number of nitrogens with one attached hydrogen (secondary N) is 1. The summed E-state index contributed by atoms with van der Waals surface area (Å²) in [7, 11) is 2.24.